The number of hydrogen-bond acceptors (Lipinski definition) is 7. The van der Waals surface area contributed by atoms with E-state index in [2.05, 4.69) is 37.4 Å². The number of ether oxygens (including phenoxy) is 1. The average Bonchev–Trinajstić information content (AvgIpc) is 2.78. The van der Waals surface area contributed by atoms with Gasteiger partial charge in [-0.15, -0.1) is 0 Å². The molecule has 0 atom stereocenters. The molecule has 1 saturated carbocycles. The number of benzene rings is 1. The Balaban J connectivity index is 1.23. The Labute approximate surface area is 173 Å². The second-order valence-corrected chi connectivity index (χ2v) is 7.20. The third kappa shape index (κ3) is 3.63. The van der Waals surface area contributed by atoms with Crippen LogP contribution in [0.5, 0.6) is 5.88 Å². The van der Waals surface area contributed by atoms with Crippen molar-refractivity contribution in [3.8, 4) is 23.2 Å². The summed E-state index contributed by atoms with van der Waals surface area (Å²) in [6.07, 6.45) is 6.63. The maximum Gasteiger partial charge on any atom is 0.240 e. The highest BCUT2D eigenvalue weighted by Crippen LogP contribution is 2.32. The predicted molar refractivity (Wildman–Crippen MR) is 113 cm³/mol. The van der Waals surface area contributed by atoms with Crippen LogP contribution in [0.2, 0.25) is 0 Å². The van der Waals surface area contributed by atoms with Gasteiger partial charge in [0.15, 0.2) is 0 Å². The zero-order chi connectivity index (χ0) is 20.3. The topological polar surface area (TPSA) is 96.6 Å². The number of para-hydroxylation sites is 1. The molecule has 0 spiro atoms. The summed E-state index contributed by atoms with van der Waals surface area (Å²) < 4.78 is 6.10. The fraction of sp³-hybridized carbons (Fsp3) is 0.174. The summed E-state index contributed by atoms with van der Waals surface area (Å²) in [5, 5.41) is 13.5. The molecule has 1 aliphatic carbocycles. The lowest BCUT2D eigenvalue weighted by Gasteiger charge is -2.36. The molecule has 0 saturated heterocycles. The fourth-order valence-electron chi connectivity index (χ4n) is 3.50. The van der Waals surface area contributed by atoms with Gasteiger partial charge in [-0.1, -0.05) is 18.2 Å². The number of rotatable bonds is 5. The minimum absolute atomic E-state index is 0.0600. The first-order valence-corrected chi connectivity index (χ1v) is 9.75. The van der Waals surface area contributed by atoms with E-state index >= 15 is 0 Å². The largest absolute Gasteiger partial charge is 0.473 e. The van der Waals surface area contributed by atoms with Gasteiger partial charge < -0.3 is 10.1 Å². The van der Waals surface area contributed by atoms with Crippen molar-refractivity contribution in [3.05, 3.63) is 72.8 Å². The highest BCUT2D eigenvalue weighted by Gasteiger charge is 2.32. The lowest BCUT2D eigenvalue weighted by molar-refractivity contribution is 0.103. The lowest BCUT2D eigenvalue weighted by atomic mass is 9.89. The summed E-state index contributed by atoms with van der Waals surface area (Å²) in [6.45, 7) is 0. The first-order chi connectivity index (χ1) is 14.8. The summed E-state index contributed by atoms with van der Waals surface area (Å²) in [6, 6.07) is 18.0. The zero-order valence-electron chi connectivity index (χ0n) is 16.1. The lowest BCUT2D eigenvalue weighted by Crippen LogP contribution is -2.42. The van der Waals surface area contributed by atoms with Crippen LogP contribution in [0, 0.1) is 11.3 Å². The molecule has 0 bridgehead atoms. The Morgan fingerprint density at radius 2 is 1.83 bits per heavy atom. The second-order valence-electron chi connectivity index (χ2n) is 7.20. The molecule has 1 aromatic carbocycles. The Morgan fingerprint density at radius 3 is 2.67 bits per heavy atom. The van der Waals surface area contributed by atoms with Crippen molar-refractivity contribution >= 4 is 16.7 Å². The third-order valence-electron chi connectivity index (χ3n) is 5.14. The van der Waals surface area contributed by atoms with Crippen LogP contribution in [0.4, 0.5) is 5.82 Å². The monoisotopic (exact) mass is 394 g/mol. The smallest absolute Gasteiger partial charge is 0.240 e. The van der Waals surface area contributed by atoms with E-state index in [0.29, 0.717) is 23.3 Å². The maximum absolute atomic E-state index is 8.92. The molecule has 4 aromatic rings. The zero-order valence-corrected chi connectivity index (χ0v) is 16.1. The summed E-state index contributed by atoms with van der Waals surface area (Å²) in [4.78, 5) is 17.5. The molecule has 0 unspecified atom stereocenters. The van der Waals surface area contributed by atoms with E-state index in [1.54, 1.807) is 30.7 Å². The van der Waals surface area contributed by atoms with Gasteiger partial charge in [-0.25, -0.2) is 19.9 Å². The number of pyridine rings is 2. The molecule has 1 N–H and O–H groups in total. The number of fused-ring (bicyclic) bond motifs is 1. The van der Waals surface area contributed by atoms with Crippen LogP contribution in [0.25, 0.3) is 22.2 Å². The summed E-state index contributed by atoms with van der Waals surface area (Å²) in [5.74, 6) is 1.36. The summed E-state index contributed by atoms with van der Waals surface area (Å²) in [5.41, 5.74) is 2.74. The highest BCUT2D eigenvalue weighted by atomic mass is 16.5. The standard InChI is InChI=1S/C23H18N6O/c24-13-17-7-5-16(14-27-17)22-23(26-10-9-25-22)30-19-11-18(12-19)28-21-8-6-15-3-1-2-4-20(15)29-21/h1-10,14,18-19H,11-12H2,(H,28,29)/t18-,19+. The molecule has 3 aromatic heterocycles. The molecule has 0 radical (unpaired) electrons. The number of nitrogens with zero attached hydrogens (tertiary/aromatic N) is 5. The Morgan fingerprint density at radius 1 is 0.967 bits per heavy atom. The highest BCUT2D eigenvalue weighted by molar-refractivity contribution is 5.80. The van der Waals surface area contributed by atoms with Gasteiger partial charge in [0.1, 0.15) is 29.4 Å². The number of hydrogen-bond donors (Lipinski definition) is 1. The van der Waals surface area contributed by atoms with Crippen molar-refractivity contribution < 1.29 is 4.74 Å². The van der Waals surface area contributed by atoms with Gasteiger partial charge in [-0.05, 0) is 30.3 Å². The van der Waals surface area contributed by atoms with Crippen LogP contribution in [0.15, 0.2) is 67.1 Å². The van der Waals surface area contributed by atoms with Crippen LogP contribution in [-0.2, 0) is 0 Å². The molecule has 5 rings (SSSR count). The van der Waals surface area contributed by atoms with Gasteiger partial charge in [-0.3, -0.25) is 0 Å². The second kappa shape index (κ2) is 7.76. The van der Waals surface area contributed by atoms with E-state index in [0.717, 1.165) is 35.1 Å². The van der Waals surface area contributed by atoms with Crippen molar-refractivity contribution in [1.82, 2.24) is 19.9 Å². The third-order valence-corrected chi connectivity index (χ3v) is 5.14. The van der Waals surface area contributed by atoms with E-state index in [4.69, 9.17) is 10.00 Å². The molecule has 7 nitrogen and oxygen atoms in total. The van der Waals surface area contributed by atoms with Crippen molar-refractivity contribution in [2.24, 2.45) is 0 Å². The molecule has 3 heterocycles. The first-order valence-electron chi connectivity index (χ1n) is 9.75. The van der Waals surface area contributed by atoms with E-state index < -0.39 is 0 Å². The predicted octanol–water partition coefficient (Wildman–Crippen LogP) is 3.98. The quantitative estimate of drug-likeness (QED) is 0.547. The molecule has 146 valence electrons. The van der Waals surface area contributed by atoms with Crippen molar-refractivity contribution in [3.63, 3.8) is 0 Å². The van der Waals surface area contributed by atoms with E-state index in [1.807, 2.05) is 30.3 Å². The summed E-state index contributed by atoms with van der Waals surface area (Å²) >= 11 is 0. The number of anilines is 1. The van der Waals surface area contributed by atoms with Gasteiger partial charge in [0.25, 0.3) is 0 Å². The molecular weight excluding hydrogens is 376 g/mol. The molecule has 1 aliphatic rings. The number of nitrogens with one attached hydrogen (secondary N) is 1. The molecule has 0 aliphatic heterocycles. The summed E-state index contributed by atoms with van der Waals surface area (Å²) in [7, 11) is 0. The Bertz CT molecular complexity index is 1230. The van der Waals surface area contributed by atoms with Gasteiger partial charge >= 0.3 is 0 Å². The van der Waals surface area contributed by atoms with Gasteiger partial charge in [0, 0.05) is 48.4 Å². The van der Waals surface area contributed by atoms with Crippen molar-refractivity contribution in [2.45, 2.75) is 25.0 Å². The van der Waals surface area contributed by atoms with E-state index in [9.17, 15) is 0 Å². The van der Waals surface area contributed by atoms with Crippen molar-refractivity contribution in [2.75, 3.05) is 5.32 Å². The molecule has 0 amide bonds. The normalized spacial score (nSPS) is 17.7. The van der Waals surface area contributed by atoms with Crippen LogP contribution in [0.1, 0.15) is 18.5 Å². The minimum atomic E-state index is 0.0600. The number of nitriles is 1. The number of aromatic nitrogens is 4. The van der Waals surface area contributed by atoms with Crippen LogP contribution in [-0.4, -0.2) is 32.1 Å². The molecule has 30 heavy (non-hydrogen) atoms. The molecule has 7 heteroatoms. The van der Waals surface area contributed by atoms with Gasteiger partial charge in [0.2, 0.25) is 5.88 Å². The molecular formula is C23H18N6O. The first kappa shape index (κ1) is 18.0. The van der Waals surface area contributed by atoms with Crippen LogP contribution >= 0.6 is 0 Å². The average molecular weight is 394 g/mol. The molecule has 1 fully saturated rings. The Kier molecular flexibility index (Phi) is 4.66. The Hall–Kier alpha value is -4.05. The van der Waals surface area contributed by atoms with E-state index in [1.165, 1.54) is 0 Å². The van der Waals surface area contributed by atoms with Gasteiger partial charge in [-0.2, -0.15) is 5.26 Å². The van der Waals surface area contributed by atoms with E-state index in [-0.39, 0.29) is 6.10 Å². The van der Waals surface area contributed by atoms with Crippen LogP contribution in [0.3, 0.4) is 0 Å². The van der Waals surface area contributed by atoms with Crippen molar-refractivity contribution in [1.29, 1.82) is 5.26 Å². The maximum atomic E-state index is 8.92. The minimum Gasteiger partial charge on any atom is -0.473 e. The van der Waals surface area contributed by atoms with Crippen LogP contribution < -0.4 is 10.1 Å². The van der Waals surface area contributed by atoms with Gasteiger partial charge in [0.05, 0.1) is 5.52 Å². The fourth-order valence-corrected chi connectivity index (χ4v) is 3.50. The SMILES string of the molecule is N#Cc1ccc(-c2nccnc2O[C@H]2C[C@@H](Nc3ccc4ccccc4n3)C2)cn1.